The van der Waals surface area contributed by atoms with Crippen LogP contribution in [-0.4, -0.2) is 0 Å². The maximum Gasteiger partial charge on any atom is 0.146 e. The summed E-state index contributed by atoms with van der Waals surface area (Å²) in [4.78, 5) is 0. The molecule has 0 aliphatic carbocycles. The molecule has 0 saturated carbocycles. The number of unbranched alkanes of at least 4 members (excludes halogenated alkanes) is 4. The van der Waals surface area contributed by atoms with E-state index >= 15 is 4.39 Å². The molecule has 1 heteroatoms. The van der Waals surface area contributed by atoms with E-state index in [1.54, 1.807) is 6.07 Å². The Morgan fingerprint density at radius 3 is 2.17 bits per heavy atom. The van der Waals surface area contributed by atoms with Crippen molar-refractivity contribution in [1.82, 2.24) is 0 Å². The van der Waals surface area contributed by atoms with E-state index in [0.29, 0.717) is 10.9 Å². The van der Waals surface area contributed by atoms with E-state index in [4.69, 9.17) is 0 Å². The predicted octanol–water partition coefficient (Wildman–Crippen LogP) is 9.68. The lowest BCUT2D eigenvalue weighted by Gasteiger charge is -2.07. The maximum absolute atomic E-state index is 15.3. The molecule has 0 atom stereocenters. The predicted molar refractivity (Wildman–Crippen MR) is 153 cm³/mol. The van der Waals surface area contributed by atoms with Gasteiger partial charge in [-0.2, -0.15) is 0 Å². The van der Waals surface area contributed by atoms with E-state index in [9.17, 15) is 0 Å². The first kappa shape index (κ1) is 25.5. The van der Waals surface area contributed by atoms with Gasteiger partial charge in [-0.3, -0.25) is 0 Å². The summed E-state index contributed by atoms with van der Waals surface area (Å²) in [5, 5.41) is 1.49. The number of hydrogen-bond donors (Lipinski definition) is 0. The van der Waals surface area contributed by atoms with Crippen LogP contribution in [-0.2, 0) is 12.8 Å². The number of allylic oxidation sites excluding steroid dienone is 1. The van der Waals surface area contributed by atoms with E-state index in [2.05, 4.69) is 67.8 Å². The van der Waals surface area contributed by atoms with E-state index in [1.807, 2.05) is 36.4 Å². The molecule has 0 radical (unpaired) electrons. The van der Waals surface area contributed by atoms with Crippen LogP contribution in [0.5, 0.6) is 0 Å². The van der Waals surface area contributed by atoms with Gasteiger partial charge in [0.25, 0.3) is 0 Å². The third-order valence-corrected chi connectivity index (χ3v) is 6.74. The standard InChI is InChI=1S/C35H35F/c1-3-5-7-8-9-11-28-12-14-29(15-13-28)18-21-31-22-23-33-26-32(24-25-34(33)35(31)36)30-19-16-27(17-20-30)10-6-4-2/h4,12-17,19-20,22-26H,2-3,5-11H2,1H3. The number of hydrogen-bond acceptors (Lipinski definition) is 0. The van der Waals surface area contributed by atoms with Crippen LogP contribution < -0.4 is 0 Å². The summed E-state index contributed by atoms with van der Waals surface area (Å²) in [5.41, 5.74) is 6.20. The molecule has 4 aromatic carbocycles. The number of rotatable bonds is 10. The fraction of sp³-hybridized carbons (Fsp3) is 0.257. The molecule has 0 nitrogen and oxygen atoms in total. The quantitative estimate of drug-likeness (QED) is 0.122. The average molecular weight is 475 g/mol. The Hall–Kier alpha value is -3.63. The lowest BCUT2D eigenvalue weighted by molar-refractivity contribution is 0.632. The molecule has 0 amide bonds. The number of halogens is 1. The molecule has 0 fully saturated rings. The SMILES string of the molecule is C=CCCc1ccc(-c2ccc3c(F)c(C#Cc4ccc(CCCCCCC)cc4)ccc3c2)cc1. The molecular formula is C35H35F. The minimum Gasteiger partial charge on any atom is -0.205 e. The van der Waals surface area contributed by atoms with Gasteiger partial charge in [0, 0.05) is 10.9 Å². The van der Waals surface area contributed by atoms with Crippen molar-refractivity contribution in [2.24, 2.45) is 0 Å². The van der Waals surface area contributed by atoms with Crippen molar-refractivity contribution in [1.29, 1.82) is 0 Å². The van der Waals surface area contributed by atoms with Gasteiger partial charge in [-0.15, -0.1) is 6.58 Å². The molecule has 0 spiro atoms. The summed E-state index contributed by atoms with van der Waals surface area (Å²) in [5.74, 6) is 5.93. The van der Waals surface area contributed by atoms with Crippen molar-refractivity contribution in [2.75, 3.05) is 0 Å². The van der Waals surface area contributed by atoms with Crippen molar-refractivity contribution in [3.05, 3.63) is 120 Å². The zero-order valence-electron chi connectivity index (χ0n) is 21.3. The van der Waals surface area contributed by atoms with Gasteiger partial charge in [-0.05, 0) is 77.6 Å². The zero-order chi connectivity index (χ0) is 25.2. The Morgan fingerprint density at radius 1 is 0.722 bits per heavy atom. The Balaban J connectivity index is 1.45. The molecule has 0 heterocycles. The van der Waals surface area contributed by atoms with Crippen LogP contribution >= 0.6 is 0 Å². The number of aryl methyl sites for hydroxylation is 2. The van der Waals surface area contributed by atoms with Gasteiger partial charge in [-0.1, -0.05) is 105 Å². The Bertz CT molecular complexity index is 1350. The normalized spacial score (nSPS) is 10.7. The monoisotopic (exact) mass is 474 g/mol. The van der Waals surface area contributed by atoms with Gasteiger partial charge in [0.15, 0.2) is 0 Å². The molecule has 0 N–H and O–H groups in total. The molecule has 0 saturated heterocycles. The summed E-state index contributed by atoms with van der Waals surface area (Å²) >= 11 is 0. The Kier molecular flexibility index (Phi) is 9.12. The van der Waals surface area contributed by atoms with Crippen LogP contribution in [0.2, 0.25) is 0 Å². The number of benzene rings is 4. The van der Waals surface area contributed by atoms with Crippen molar-refractivity contribution in [2.45, 2.75) is 58.3 Å². The van der Waals surface area contributed by atoms with Crippen LogP contribution in [0.15, 0.2) is 91.5 Å². The van der Waals surface area contributed by atoms with E-state index in [0.717, 1.165) is 41.3 Å². The van der Waals surface area contributed by atoms with Crippen molar-refractivity contribution in [3.8, 4) is 23.0 Å². The first-order valence-corrected chi connectivity index (χ1v) is 13.2. The van der Waals surface area contributed by atoms with Gasteiger partial charge in [0.2, 0.25) is 0 Å². The lowest BCUT2D eigenvalue weighted by atomic mass is 9.98. The fourth-order valence-corrected chi connectivity index (χ4v) is 4.53. The molecule has 182 valence electrons. The fourth-order valence-electron chi connectivity index (χ4n) is 4.53. The second-order valence-electron chi connectivity index (χ2n) is 9.50. The van der Waals surface area contributed by atoms with Crippen LogP contribution in [0.3, 0.4) is 0 Å². The lowest BCUT2D eigenvalue weighted by Crippen LogP contribution is -1.89. The Labute approximate surface area is 215 Å². The third-order valence-electron chi connectivity index (χ3n) is 6.74. The zero-order valence-corrected chi connectivity index (χ0v) is 21.3. The molecule has 0 aromatic heterocycles. The smallest absolute Gasteiger partial charge is 0.146 e. The highest BCUT2D eigenvalue weighted by Gasteiger charge is 2.08. The highest BCUT2D eigenvalue weighted by Crippen LogP contribution is 2.28. The van der Waals surface area contributed by atoms with E-state index in [-0.39, 0.29) is 5.82 Å². The average Bonchev–Trinajstić information content (AvgIpc) is 2.92. The van der Waals surface area contributed by atoms with Crippen LogP contribution in [0.25, 0.3) is 21.9 Å². The second kappa shape index (κ2) is 12.9. The van der Waals surface area contributed by atoms with Crippen LogP contribution in [0.4, 0.5) is 4.39 Å². The molecule has 0 bridgehead atoms. The van der Waals surface area contributed by atoms with Gasteiger partial charge < -0.3 is 0 Å². The second-order valence-corrected chi connectivity index (χ2v) is 9.50. The van der Waals surface area contributed by atoms with Gasteiger partial charge >= 0.3 is 0 Å². The first-order chi connectivity index (χ1) is 17.7. The topological polar surface area (TPSA) is 0 Å². The van der Waals surface area contributed by atoms with Crippen molar-refractivity contribution < 1.29 is 4.39 Å². The minimum atomic E-state index is -0.255. The summed E-state index contributed by atoms with van der Waals surface area (Å²) in [7, 11) is 0. The summed E-state index contributed by atoms with van der Waals surface area (Å²) in [6.07, 6.45) is 11.5. The Morgan fingerprint density at radius 2 is 1.42 bits per heavy atom. The van der Waals surface area contributed by atoms with Gasteiger partial charge in [0.05, 0.1) is 5.56 Å². The van der Waals surface area contributed by atoms with Crippen molar-refractivity contribution in [3.63, 3.8) is 0 Å². The van der Waals surface area contributed by atoms with Gasteiger partial charge in [-0.25, -0.2) is 4.39 Å². The molecule has 36 heavy (non-hydrogen) atoms. The molecule has 0 aliphatic heterocycles. The van der Waals surface area contributed by atoms with E-state index in [1.165, 1.54) is 43.2 Å². The van der Waals surface area contributed by atoms with Gasteiger partial charge in [0.1, 0.15) is 5.82 Å². The first-order valence-electron chi connectivity index (χ1n) is 13.2. The molecule has 4 aromatic rings. The molecule has 0 aliphatic rings. The van der Waals surface area contributed by atoms with Crippen LogP contribution in [0, 0.1) is 17.7 Å². The van der Waals surface area contributed by atoms with Crippen molar-refractivity contribution >= 4 is 10.8 Å². The largest absolute Gasteiger partial charge is 0.205 e. The summed E-state index contributed by atoms with van der Waals surface area (Å²) < 4.78 is 15.3. The highest BCUT2D eigenvalue weighted by molar-refractivity contribution is 5.89. The summed E-state index contributed by atoms with van der Waals surface area (Å²) in [6, 6.07) is 26.6. The highest BCUT2D eigenvalue weighted by atomic mass is 19.1. The molecule has 0 unspecified atom stereocenters. The molecule has 4 rings (SSSR count). The number of fused-ring (bicyclic) bond motifs is 1. The van der Waals surface area contributed by atoms with E-state index < -0.39 is 0 Å². The molecular weight excluding hydrogens is 439 g/mol. The van der Waals surface area contributed by atoms with Crippen LogP contribution in [0.1, 0.15) is 67.7 Å². The summed E-state index contributed by atoms with van der Waals surface area (Å²) in [6.45, 7) is 6.03. The minimum absolute atomic E-state index is 0.255. The maximum atomic E-state index is 15.3. The third kappa shape index (κ3) is 6.73.